The fourth-order valence-corrected chi connectivity index (χ4v) is 2.43. The second-order valence-corrected chi connectivity index (χ2v) is 6.52. The second kappa shape index (κ2) is 7.38. The summed E-state index contributed by atoms with van der Waals surface area (Å²) in [5.74, 6) is -0.0275. The van der Waals surface area contributed by atoms with Crippen LogP contribution in [0.4, 0.5) is 0 Å². The monoisotopic (exact) mass is 325 g/mol. The first-order valence-electron chi connectivity index (χ1n) is 7.99. The summed E-state index contributed by atoms with van der Waals surface area (Å²) in [5.41, 5.74) is 5.68. The first-order valence-corrected chi connectivity index (χ1v) is 8.37. The number of carbonyl (C=O) groups is 1. The average Bonchev–Trinajstić information content (AvgIpc) is 3.23. The molecule has 1 aliphatic rings. The molecule has 1 fully saturated rings. The van der Waals surface area contributed by atoms with Crippen LogP contribution in [0.1, 0.15) is 75.1 Å². The largest absolute Gasteiger partial charge is 0.458 e. The minimum absolute atomic E-state index is 0.115. The average molecular weight is 326 g/mol. The van der Waals surface area contributed by atoms with Gasteiger partial charge in [0.25, 0.3) is 0 Å². The van der Waals surface area contributed by atoms with Crippen molar-refractivity contribution in [3.63, 3.8) is 0 Å². The van der Waals surface area contributed by atoms with Gasteiger partial charge in [-0.25, -0.2) is 14.8 Å². The second-order valence-electron chi connectivity index (χ2n) is 6.11. The predicted molar refractivity (Wildman–Crippen MR) is 85.8 cm³/mol. The summed E-state index contributed by atoms with van der Waals surface area (Å²) in [6.45, 7) is 4.06. The normalized spacial score (nSPS) is 17.1. The number of esters is 1. The van der Waals surface area contributed by atoms with E-state index < -0.39 is 11.5 Å². The molecule has 0 aliphatic heterocycles. The third-order valence-electron chi connectivity index (χ3n) is 3.94. The zero-order valence-electron chi connectivity index (χ0n) is 13.3. The van der Waals surface area contributed by atoms with Crippen molar-refractivity contribution in [2.45, 2.75) is 70.4 Å². The highest BCUT2D eigenvalue weighted by atomic mass is 35.5. The van der Waals surface area contributed by atoms with Gasteiger partial charge >= 0.3 is 5.97 Å². The third-order valence-corrected chi connectivity index (χ3v) is 4.22. The van der Waals surface area contributed by atoms with Crippen LogP contribution < -0.4 is 5.73 Å². The Morgan fingerprint density at radius 3 is 2.82 bits per heavy atom. The fourth-order valence-electron chi connectivity index (χ4n) is 2.26. The maximum absolute atomic E-state index is 12.2. The zero-order valence-corrected chi connectivity index (χ0v) is 14.0. The van der Waals surface area contributed by atoms with Crippen LogP contribution in [0.3, 0.4) is 0 Å². The van der Waals surface area contributed by atoms with Crippen LogP contribution >= 0.6 is 11.6 Å². The van der Waals surface area contributed by atoms with E-state index in [1.165, 1.54) is 19.0 Å². The van der Waals surface area contributed by atoms with Gasteiger partial charge in [0.1, 0.15) is 5.82 Å². The van der Waals surface area contributed by atoms with Gasteiger partial charge in [-0.15, -0.1) is 0 Å². The van der Waals surface area contributed by atoms with Gasteiger partial charge < -0.3 is 10.5 Å². The SMILES string of the molecule is CCCCCCC(C)OC(=O)c1nc(C2(N)CC2)ncc1Cl. The number of nitrogens with zero attached hydrogens (tertiary/aromatic N) is 2. The molecule has 0 spiro atoms. The van der Waals surface area contributed by atoms with Crippen LogP contribution in [0, 0.1) is 0 Å². The summed E-state index contributed by atoms with van der Waals surface area (Å²) >= 11 is 6.02. The van der Waals surface area contributed by atoms with E-state index in [0.717, 1.165) is 32.1 Å². The molecule has 0 aromatic carbocycles. The summed E-state index contributed by atoms with van der Waals surface area (Å²) < 4.78 is 5.43. The quantitative estimate of drug-likeness (QED) is 0.583. The number of halogens is 1. The number of nitrogens with two attached hydrogens (primary N) is 1. The Morgan fingerprint density at radius 1 is 1.45 bits per heavy atom. The molecular weight excluding hydrogens is 302 g/mol. The minimum Gasteiger partial charge on any atom is -0.458 e. The first kappa shape index (κ1) is 17.2. The number of aromatic nitrogens is 2. The lowest BCUT2D eigenvalue weighted by molar-refractivity contribution is 0.0312. The van der Waals surface area contributed by atoms with E-state index in [2.05, 4.69) is 16.9 Å². The highest BCUT2D eigenvalue weighted by molar-refractivity contribution is 6.33. The Kier molecular flexibility index (Phi) is 5.75. The lowest BCUT2D eigenvalue weighted by Gasteiger charge is -2.14. The first-order chi connectivity index (χ1) is 10.5. The maximum atomic E-state index is 12.2. The summed E-state index contributed by atoms with van der Waals surface area (Å²) in [6, 6.07) is 0. The molecule has 22 heavy (non-hydrogen) atoms. The Labute approximate surface area is 136 Å². The molecule has 1 aliphatic carbocycles. The molecule has 1 atom stereocenters. The molecule has 0 radical (unpaired) electrons. The van der Waals surface area contributed by atoms with E-state index in [1.807, 2.05) is 6.92 Å². The highest BCUT2D eigenvalue weighted by Gasteiger charge is 2.43. The van der Waals surface area contributed by atoms with E-state index in [1.54, 1.807) is 0 Å². The molecule has 1 aromatic heterocycles. The van der Waals surface area contributed by atoms with E-state index in [4.69, 9.17) is 22.1 Å². The fraction of sp³-hybridized carbons (Fsp3) is 0.688. The molecule has 1 aromatic rings. The van der Waals surface area contributed by atoms with Gasteiger partial charge in [0.15, 0.2) is 5.69 Å². The van der Waals surface area contributed by atoms with Crippen molar-refractivity contribution in [1.29, 1.82) is 0 Å². The van der Waals surface area contributed by atoms with Crippen LogP contribution in [0.15, 0.2) is 6.20 Å². The lowest BCUT2D eigenvalue weighted by atomic mass is 10.1. The minimum atomic E-state index is -0.499. The van der Waals surface area contributed by atoms with Crippen LogP contribution in [0.2, 0.25) is 5.02 Å². The Bertz CT molecular complexity index is 532. The van der Waals surface area contributed by atoms with Gasteiger partial charge in [0.05, 0.1) is 22.9 Å². The molecule has 1 saturated carbocycles. The van der Waals surface area contributed by atoms with Gasteiger partial charge in [-0.1, -0.05) is 37.8 Å². The van der Waals surface area contributed by atoms with E-state index >= 15 is 0 Å². The molecule has 0 saturated heterocycles. The van der Waals surface area contributed by atoms with Crippen molar-refractivity contribution in [2.75, 3.05) is 0 Å². The highest BCUT2D eigenvalue weighted by Crippen LogP contribution is 2.40. The van der Waals surface area contributed by atoms with Gasteiger partial charge in [-0.05, 0) is 32.6 Å². The Morgan fingerprint density at radius 2 is 2.18 bits per heavy atom. The Balaban J connectivity index is 1.94. The maximum Gasteiger partial charge on any atom is 0.358 e. The van der Waals surface area contributed by atoms with Crippen molar-refractivity contribution in [2.24, 2.45) is 5.73 Å². The number of hydrogen-bond acceptors (Lipinski definition) is 5. The van der Waals surface area contributed by atoms with E-state index in [-0.39, 0.29) is 16.8 Å². The number of rotatable bonds is 8. The smallest absolute Gasteiger partial charge is 0.358 e. The van der Waals surface area contributed by atoms with E-state index in [0.29, 0.717) is 5.82 Å². The molecule has 122 valence electrons. The van der Waals surface area contributed by atoms with Crippen LogP contribution in [-0.2, 0) is 10.3 Å². The topological polar surface area (TPSA) is 78.1 Å². The molecule has 0 bridgehead atoms. The van der Waals surface area contributed by atoms with Crippen LogP contribution in [-0.4, -0.2) is 22.0 Å². The van der Waals surface area contributed by atoms with Gasteiger partial charge in [-0.2, -0.15) is 0 Å². The molecule has 0 amide bonds. The molecule has 5 nitrogen and oxygen atoms in total. The summed E-state index contributed by atoms with van der Waals surface area (Å²) in [4.78, 5) is 20.6. The summed E-state index contributed by atoms with van der Waals surface area (Å²) in [7, 11) is 0. The molecule has 1 unspecified atom stereocenters. The van der Waals surface area contributed by atoms with Crippen molar-refractivity contribution < 1.29 is 9.53 Å². The van der Waals surface area contributed by atoms with Gasteiger partial charge in [0, 0.05) is 0 Å². The molecule has 2 rings (SSSR count). The molecule has 6 heteroatoms. The number of unbranched alkanes of at least 4 members (excludes halogenated alkanes) is 3. The number of carbonyl (C=O) groups excluding carboxylic acids is 1. The lowest BCUT2D eigenvalue weighted by Crippen LogP contribution is -2.24. The van der Waals surface area contributed by atoms with Crippen LogP contribution in [0.25, 0.3) is 0 Å². The molecule has 1 heterocycles. The van der Waals surface area contributed by atoms with Gasteiger partial charge in [-0.3, -0.25) is 0 Å². The predicted octanol–water partition coefficient (Wildman–Crippen LogP) is 3.59. The van der Waals surface area contributed by atoms with Crippen molar-refractivity contribution in [3.8, 4) is 0 Å². The van der Waals surface area contributed by atoms with E-state index in [9.17, 15) is 4.79 Å². The van der Waals surface area contributed by atoms with Crippen LogP contribution in [0.5, 0.6) is 0 Å². The third kappa shape index (κ3) is 4.40. The molecular formula is C16H24ClN3O2. The number of ether oxygens (including phenoxy) is 1. The zero-order chi connectivity index (χ0) is 16.2. The van der Waals surface area contributed by atoms with Crippen molar-refractivity contribution in [1.82, 2.24) is 9.97 Å². The summed E-state index contributed by atoms with van der Waals surface area (Å²) in [6.07, 6.45) is 8.40. The molecule has 2 N–H and O–H groups in total. The number of hydrogen-bond donors (Lipinski definition) is 1. The summed E-state index contributed by atoms with van der Waals surface area (Å²) in [5, 5.41) is 0.205. The van der Waals surface area contributed by atoms with Crippen molar-refractivity contribution >= 4 is 17.6 Å². The van der Waals surface area contributed by atoms with Gasteiger partial charge in [0.2, 0.25) is 0 Å². The Hall–Kier alpha value is -1.20. The standard InChI is InChI=1S/C16H24ClN3O2/c1-3-4-5-6-7-11(2)22-14(21)13-12(17)10-19-15(20-13)16(18)8-9-16/h10-11H,3-9,18H2,1-2H3. The van der Waals surface area contributed by atoms with Crippen molar-refractivity contribution in [3.05, 3.63) is 22.7 Å².